The summed E-state index contributed by atoms with van der Waals surface area (Å²) >= 11 is 6.13. The Kier molecular flexibility index (Phi) is 4.24. The van der Waals surface area contributed by atoms with Crippen LogP contribution in [0.4, 0.5) is 11.5 Å². The molecule has 1 aliphatic carbocycles. The molecule has 3 nitrogen and oxygen atoms in total. The number of halogens is 1. The third-order valence-electron chi connectivity index (χ3n) is 4.43. The van der Waals surface area contributed by atoms with Crippen LogP contribution in [0.2, 0.25) is 5.02 Å². The molecule has 0 radical (unpaired) electrons. The van der Waals surface area contributed by atoms with E-state index in [4.69, 9.17) is 21.6 Å². The fourth-order valence-electron chi connectivity index (χ4n) is 3.13. The van der Waals surface area contributed by atoms with Gasteiger partial charge in [-0.15, -0.1) is 0 Å². The monoisotopic (exact) mass is 347 g/mol. The highest BCUT2D eigenvalue weighted by molar-refractivity contribution is 6.30. The van der Waals surface area contributed by atoms with Gasteiger partial charge in [0.15, 0.2) is 5.82 Å². The highest BCUT2D eigenvalue weighted by Crippen LogP contribution is 2.31. The molecule has 4 rings (SSSR count). The normalized spacial score (nSPS) is 12.7. The fraction of sp³-hybridized carbons (Fsp3) is 0.143. The lowest BCUT2D eigenvalue weighted by atomic mass is 10.1. The van der Waals surface area contributed by atoms with E-state index in [-0.39, 0.29) is 0 Å². The number of nitrogens with zero attached hydrogens (tertiary/aromatic N) is 2. The second kappa shape index (κ2) is 6.69. The molecule has 124 valence electrons. The van der Waals surface area contributed by atoms with E-state index < -0.39 is 0 Å². The maximum absolute atomic E-state index is 6.13. The lowest BCUT2D eigenvalue weighted by molar-refractivity contribution is 0.900. The number of hydrogen-bond acceptors (Lipinski definition) is 3. The van der Waals surface area contributed by atoms with Crippen LogP contribution < -0.4 is 5.32 Å². The van der Waals surface area contributed by atoms with Crippen molar-refractivity contribution in [1.29, 1.82) is 0 Å². The van der Waals surface area contributed by atoms with Crippen molar-refractivity contribution in [2.75, 3.05) is 5.32 Å². The molecule has 1 heterocycles. The Labute approximate surface area is 152 Å². The van der Waals surface area contributed by atoms with Gasteiger partial charge in [0.05, 0.1) is 0 Å². The molecule has 25 heavy (non-hydrogen) atoms. The first-order chi connectivity index (χ1) is 12.2. The quantitative estimate of drug-likeness (QED) is 0.660. The van der Waals surface area contributed by atoms with Gasteiger partial charge < -0.3 is 5.32 Å². The minimum absolute atomic E-state index is 0.691. The van der Waals surface area contributed by atoms with Crippen LogP contribution in [0.1, 0.15) is 23.2 Å². The summed E-state index contributed by atoms with van der Waals surface area (Å²) in [6, 6.07) is 15.8. The molecule has 0 saturated carbocycles. The molecule has 4 heteroatoms. The van der Waals surface area contributed by atoms with Crippen LogP contribution >= 0.6 is 11.6 Å². The van der Waals surface area contributed by atoms with Crippen molar-refractivity contribution in [1.82, 2.24) is 9.97 Å². The van der Waals surface area contributed by atoms with Crippen LogP contribution in [0, 0.1) is 0 Å². The largest absolute Gasteiger partial charge is 0.340 e. The van der Waals surface area contributed by atoms with Crippen LogP contribution in [0.15, 0.2) is 55.1 Å². The second-order valence-corrected chi connectivity index (χ2v) is 6.57. The average Bonchev–Trinajstić information content (AvgIpc) is 3.11. The topological polar surface area (TPSA) is 37.8 Å². The van der Waals surface area contributed by atoms with E-state index in [9.17, 15) is 0 Å². The summed E-state index contributed by atoms with van der Waals surface area (Å²) in [5, 5.41) is 4.15. The smallest absolute Gasteiger partial charge is 0.161 e. The summed E-state index contributed by atoms with van der Waals surface area (Å²) < 4.78 is 0. The number of rotatable bonds is 4. The number of benzene rings is 2. The molecule has 2 aromatic carbocycles. The molecule has 0 amide bonds. The summed E-state index contributed by atoms with van der Waals surface area (Å²) in [6.07, 6.45) is 4.96. The van der Waals surface area contributed by atoms with E-state index in [0.29, 0.717) is 10.8 Å². The second-order valence-electron chi connectivity index (χ2n) is 6.14. The van der Waals surface area contributed by atoms with Gasteiger partial charge in [0, 0.05) is 27.5 Å². The van der Waals surface area contributed by atoms with Crippen LogP contribution in [0.25, 0.3) is 17.5 Å². The van der Waals surface area contributed by atoms with Crippen LogP contribution in [0.5, 0.6) is 0 Å². The number of aryl methyl sites for hydroxylation is 1. The lowest BCUT2D eigenvalue weighted by Gasteiger charge is -2.13. The number of anilines is 2. The zero-order valence-corrected chi connectivity index (χ0v) is 14.6. The molecule has 3 aromatic rings. The summed E-state index contributed by atoms with van der Waals surface area (Å²) in [5.41, 5.74) is 5.40. The maximum atomic E-state index is 6.13. The summed E-state index contributed by atoms with van der Waals surface area (Å²) in [6.45, 7) is 3.79. The van der Waals surface area contributed by atoms with Gasteiger partial charge in [-0.1, -0.05) is 48.5 Å². The number of aromatic nitrogens is 2. The number of nitrogens with one attached hydrogen (secondary N) is 1. The zero-order valence-electron chi connectivity index (χ0n) is 13.8. The van der Waals surface area contributed by atoms with Gasteiger partial charge in [0.2, 0.25) is 0 Å². The van der Waals surface area contributed by atoms with Gasteiger partial charge >= 0.3 is 0 Å². The van der Waals surface area contributed by atoms with E-state index in [0.717, 1.165) is 47.6 Å². The Balaban J connectivity index is 1.74. The standard InChI is InChI=1S/C21H18ClN3/c1-2-14-9-11-17(12-10-14)23-21-18-7-4-8-19(18)24-20(25-21)15-5-3-6-16(22)13-15/h2-3,5-6,9-13H,1,4,7-8H2,(H,23,24,25). The van der Waals surface area contributed by atoms with Crippen molar-refractivity contribution in [2.24, 2.45) is 0 Å². The maximum Gasteiger partial charge on any atom is 0.161 e. The first-order valence-electron chi connectivity index (χ1n) is 8.38. The minimum atomic E-state index is 0.691. The van der Waals surface area contributed by atoms with Crippen LogP contribution in [-0.4, -0.2) is 9.97 Å². The van der Waals surface area contributed by atoms with E-state index in [1.54, 1.807) is 0 Å². The molecule has 0 atom stereocenters. The van der Waals surface area contributed by atoms with Gasteiger partial charge in [-0.05, 0) is 49.1 Å². The average molecular weight is 348 g/mol. The van der Waals surface area contributed by atoms with Crippen molar-refractivity contribution in [2.45, 2.75) is 19.3 Å². The van der Waals surface area contributed by atoms with Gasteiger partial charge in [-0.2, -0.15) is 0 Å². The van der Waals surface area contributed by atoms with Gasteiger partial charge in [-0.3, -0.25) is 0 Å². The Morgan fingerprint density at radius 2 is 1.88 bits per heavy atom. The lowest BCUT2D eigenvalue weighted by Crippen LogP contribution is -2.03. The first-order valence-corrected chi connectivity index (χ1v) is 8.76. The van der Waals surface area contributed by atoms with Gasteiger partial charge in [0.1, 0.15) is 5.82 Å². The molecule has 0 bridgehead atoms. The van der Waals surface area contributed by atoms with Gasteiger partial charge in [-0.25, -0.2) is 9.97 Å². The summed E-state index contributed by atoms with van der Waals surface area (Å²) in [7, 11) is 0. The molecular weight excluding hydrogens is 330 g/mol. The van der Waals surface area contributed by atoms with Gasteiger partial charge in [0.25, 0.3) is 0 Å². The first kappa shape index (κ1) is 15.9. The molecule has 0 unspecified atom stereocenters. The molecule has 0 saturated heterocycles. The Hall–Kier alpha value is -2.65. The summed E-state index contributed by atoms with van der Waals surface area (Å²) in [5.74, 6) is 1.61. The Morgan fingerprint density at radius 1 is 1.04 bits per heavy atom. The highest BCUT2D eigenvalue weighted by atomic mass is 35.5. The van der Waals surface area contributed by atoms with Crippen molar-refractivity contribution in [3.05, 3.63) is 77.0 Å². The highest BCUT2D eigenvalue weighted by Gasteiger charge is 2.20. The van der Waals surface area contributed by atoms with Crippen LogP contribution in [-0.2, 0) is 12.8 Å². The van der Waals surface area contributed by atoms with Crippen molar-refractivity contribution >= 4 is 29.2 Å². The van der Waals surface area contributed by atoms with E-state index in [2.05, 4.69) is 11.9 Å². The molecular formula is C21H18ClN3. The fourth-order valence-corrected chi connectivity index (χ4v) is 3.32. The molecule has 1 N–H and O–H groups in total. The molecule has 0 aliphatic heterocycles. The third-order valence-corrected chi connectivity index (χ3v) is 4.66. The Morgan fingerprint density at radius 3 is 2.64 bits per heavy atom. The minimum Gasteiger partial charge on any atom is -0.340 e. The zero-order chi connectivity index (χ0) is 17.2. The van der Waals surface area contributed by atoms with Crippen molar-refractivity contribution in [3.8, 4) is 11.4 Å². The van der Waals surface area contributed by atoms with Crippen LogP contribution in [0.3, 0.4) is 0 Å². The molecule has 0 spiro atoms. The number of hydrogen-bond donors (Lipinski definition) is 1. The van der Waals surface area contributed by atoms with E-state index in [1.165, 1.54) is 5.56 Å². The SMILES string of the molecule is C=Cc1ccc(Nc2nc(-c3cccc(Cl)c3)nc3c2CCC3)cc1. The van der Waals surface area contributed by atoms with E-state index >= 15 is 0 Å². The molecule has 0 fully saturated rings. The predicted molar refractivity (Wildman–Crippen MR) is 104 cm³/mol. The predicted octanol–water partition coefficient (Wildman–Crippen LogP) is 5.67. The number of fused-ring (bicyclic) bond motifs is 1. The summed E-state index contributed by atoms with van der Waals surface area (Å²) in [4.78, 5) is 9.56. The third kappa shape index (κ3) is 3.28. The van der Waals surface area contributed by atoms with Crippen molar-refractivity contribution in [3.63, 3.8) is 0 Å². The van der Waals surface area contributed by atoms with Crippen molar-refractivity contribution < 1.29 is 0 Å². The Bertz CT molecular complexity index is 932. The van der Waals surface area contributed by atoms with E-state index in [1.807, 2.05) is 54.6 Å². The molecule has 1 aliphatic rings. The molecule has 1 aromatic heterocycles.